The Kier molecular flexibility index (Phi) is 3.88. The molecule has 0 spiro atoms. The number of nitriles is 1. The lowest BCUT2D eigenvalue weighted by Crippen LogP contribution is -2.35. The summed E-state index contributed by atoms with van der Waals surface area (Å²) in [6.45, 7) is 0.0457. The second-order valence-corrected chi connectivity index (χ2v) is 4.39. The Balaban J connectivity index is 1.91. The Morgan fingerprint density at radius 1 is 1.67 bits per heavy atom. The lowest BCUT2D eigenvalue weighted by atomic mass is 10.1. The van der Waals surface area contributed by atoms with E-state index in [0.29, 0.717) is 6.42 Å². The zero-order valence-corrected chi connectivity index (χ0v) is 9.92. The van der Waals surface area contributed by atoms with Gasteiger partial charge in [-0.25, -0.2) is 4.39 Å². The van der Waals surface area contributed by atoms with E-state index in [2.05, 4.69) is 4.98 Å². The maximum atomic E-state index is 13.2. The van der Waals surface area contributed by atoms with Gasteiger partial charge >= 0.3 is 0 Å². The highest BCUT2D eigenvalue weighted by atomic mass is 19.1. The molecule has 0 saturated carbocycles. The standard InChI is InChI=1S/C13H14FN3O/c14-11-6-12(7-15)17(9-11)13(18)4-3-10-2-1-5-16-8-10/h1-2,5,8,11-12H,3-4,6,9H2. The van der Waals surface area contributed by atoms with E-state index in [-0.39, 0.29) is 25.3 Å². The van der Waals surface area contributed by atoms with Gasteiger partial charge < -0.3 is 4.90 Å². The van der Waals surface area contributed by atoms with Crippen molar-refractivity contribution in [2.24, 2.45) is 0 Å². The van der Waals surface area contributed by atoms with Gasteiger partial charge in [0.2, 0.25) is 5.91 Å². The summed E-state index contributed by atoms with van der Waals surface area (Å²) in [5.74, 6) is -0.162. The topological polar surface area (TPSA) is 57.0 Å². The molecule has 4 nitrogen and oxygen atoms in total. The van der Waals surface area contributed by atoms with E-state index in [0.717, 1.165) is 5.56 Å². The summed E-state index contributed by atoms with van der Waals surface area (Å²) in [4.78, 5) is 17.2. The van der Waals surface area contributed by atoms with Gasteiger partial charge in [-0.2, -0.15) is 5.26 Å². The van der Waals surface area contributed by atoms with Crippen LogP contribution in [0.5, 0.6) is 0 Å². The van der Waals surface area contributed by atoms with Crippen molar-refractivity contribution >= 4 is 5.91 Å². The summed E-state index contributed by atoms with van der Waals surface area (Å²) in [5, 5.41) is 8.87. The van der Waals surface area contributed by atoms with Gasteiger partial charge in [0.15, 0.2) is 0 Å². The minimum absolute atomic E-state index is 0.0457. The van der Waals surface area contributed by atoms with Crippen LogP contribution in [0, 0.1) is 11.3 Å². The van der Waals surface area contributed by atoms with E-state index in [1.807, 2.05) is 18.2 Å². The Bertz CT molecular complexity index is 457. The first-order chi connectivity index (χ1) is 8.70. The molecule has 0 bridgehead atoms. The molecular formula is C13H14FN3O. The normalized spacial score (nSPS) is 22.8. The quantitative estimate of drug-likeness (QED) is 0.812. The summed E-state index contributed by atoms with van der Waals surface area (Å²) in [6, 6.07) is 5.07. The second kappa shape index (κ2) is 5.58. The molecule has 2 rings (SSSR count). The molecule has 0 aliphatic carbocycles. The first kappa shape index (κ1) is 12.5. The van der Waals surface area contributed by atoms with Crippen molar-refractivity contribution in [3.05, 3.63) is 30.1 Å². The fraction of sp³-hybridized carbons (Fsp3) is 0.462. The van der Waals surface area contributed by atoms with Crippen LogP contribution in [-0.4, -0.2) is 34.5 Å². The number of likely N-dealkylation sites (tertiary alicyclic amines) is 1. The number of rotatable bonds is 3. The van der Waals surface area contributed by atoms with Crippen LogP contribution in [0.15, 0.2) is 24.5 Å². The smallest absolute Gasteiger partial charge is 0.224 e. The minimum atomic E-state index is -1.07. The predicted octanol–water partition coefficient (Wildman–Crippen LogP) is 1.48. The third-order valence-electron chi connectivity index (χ3n) is 3.07. The van der Waals surface area contributed by atoms with Crippen molar-refractivity contribution in [3.8, 4) is 6.07 Å². The minimum Gasteiger partial charge on any atom is -0.324 e. The zero-order valence-electron chi connectivity index (χ0n) is 9.92. The van der Waals surface area contributed by atoms with Crippen LogP contribution in [0.1, 0.15) is 18.4 Å². The van der Waals surface area contributed by atoms with Crippen molar-refractivity contribution in [1.29, 1.82) is 5.26 Å². The lowest BCUT2D eigenvalue weighted by molar-refractivity contribution is -0.131. The Morgan fingerprint density at radius 2 is 2.50 bits per heavy atom. The average Bonchev–Trinajstić information content (AvgIpc) is 2.78. The molecule has 2 heterocycles. The molecule has 0 N–H and O–H groups in total. The highest BCUT2D eigenvalue weighted by Gasteiger charge is 2.34. The fourth-order valence-electron chi connectivity index (χ4n) is 2.12. The molecule has 1 saturated heterocycles. The number of carbonyl (C=O) groups excluding carboxylic acids is 1. The van der Waals surface area contributed by atoms with Crippen molar-refractivity contribution in [2.75, 3.05) is 6.54 Å². The van der Waals surface area contributed by atoms with Gasteiger partial charge in [0.05, 0.1) is 12.6 Å². The summed E-state index contributed by atoms with van der Waals surface area (Å²) in [5.41, 5.74) is 0.968. The number of halogens is 1. The van der Waals surface area contributed by atoms with E-state index in [1.54, 1.807) is 12.4 Å². The molecule has 1 aliphatic rings. The van der Waals surface area contributed by atoms with Crippen LogP contribution in [0.3, 0.4) is 0 Å². The Hall–Kier alpha value is -1.96. The maximum Gasteiger partial charge on any atom is 0.224 e. The highest BCUT2D eigenvalue weighted by Crippen LogP contribution is 2.21. The summed E-state index contributed by atoms with van der Waals surface area (Å²) in [6.07, 6.45) is 3.30. The number of pyridine rings is 1. The number of amides is 1. The SMILES string of the molecule is N#CC1CC(F)CN1C(=O)CCc1cccnc1. The molecule has 1 fully saturated rings. The Labute approximate surface area is 105 Å². The number of alkyl halides is 1. The zero-order chi connectivity index (χ0) is 13.0. The van der Waals surface area contributed by atoms with E-state index in [4.69, 9.17) is 5.26 Å². The number of hydrogen-bond donors (Lipinski definition) is 0. The fourth-order valence-corrected chi connectivity index (χ4v) is 2.12. The van der Waals surface area contributed by atoms with Gasteiger partial charge in [0.25, 0.3) is 0 Å². The highest BCUT2D eigenvalue weighted by molar-refractivity contribution is 5.77. The molecule has 5 heteroatoms. The van der Waals surface area contributed by atoms with Crippen LogP contribution in [-0.2, 0) is 11.2 Å². The predicted molar refractivity (Wildman–Crippen MR) is 63.2 cm³/mol. The van der Waals surface area contributed by atoms with Gasteiger partial charge in [-0.05, 0) is 18.1 Å². The molecule has 0 aromatic carbocycles. The Morgan fingerprint density at radius 3 is 3.17 bits per heavy atom. The summed E-state index contributed by atoms with van der Waals surface area (Å²) < 4.78 is 13.2. The van der Waals surface area contributed by atoms with Crippen molar-refractivity contribution in [2.45, 2.75) is 31.5 Å². The molecule has 2 atom stereocenters. The molecule has 0 radical (unpaired) electrons. The van der Waals surface area contributed by atoms with Crippen LogP contribution in [0.25, 0.3) is 0 Å². The number of aromatic nitrogens is 1. The maximum absolute atomic E-state index is 13.2. The molecule has 94 valence electrons. The molecule has 1 aliphatic heterocycles. The first-order valence-corrected chi connectivity index (χ1v) is 5.92. The molecule has 1 aromatic rings. The van der Waals surface area contributed by atoms with E-state index >= 15 is 0 Å². The van der Waals surface area contributed by atoms with Crippen LogP contribution in [0.4, 0.5) is 4.39 Å². The van der Waals surface area contributed by atoms with Crippen molar-refractivity contribution in [1.82, 2.24) is 9.88 Å². The molecule has 18 heavy (non-hydrogen) atoms. The third-order valence-corrected chi connectivity index (χ3v) is 3.07. The van der Waals surface area contributed by atoms with E-state index in [9.17, 15) is 9.18 Å². The number of carbonyl (C=O) groups is 1. The van der Waals surface area contributed by atoms with Crippen molar-refractivity contribution < 1.29 is 9.18 Å². The summed E-state index contributed by atoms with van der Waals surface area (Å²) in [7, 11) is 0. The van der Waals surface area contributed by atoms with E-state index in [1.165, 1.54) is 4.90 Å². The number of hydrogen-bond acceptors (Lipinski definition) is 3. The lowest BCUT2D eigenvalue weighted by Gasteiger charge is -2.18. The molecular weight excluding hydrogens is 233 g/mol. The summed E-state index contributed by atoms with van der Waals surface area (Å²) >= 11 is 0. The van der Waals surface area contributed by atoms with Crippen molar-refractivity contribution in [3.63, 3.8) is 0 Å². The largest absolute Gasteiger partial charge is 0.324 e. The van der Waals surface area contributed by atoms with Gasteiger partial charge in [-0.3, -0.25) is 9.78 Å². The van der Waals surface area contributed by atoms with Crippen LogP contribution < -0.4 is 0 Å². The first-order valence-electron chi connectivity index (χ1n) is 5.92. The molecule has 2 unspecified atom stereocenters. The van der Waals surface area contributed by atoms with Crippen LogP contribution >= 0.6 is 0 Å². The molecule has 1 aromatic heterocycles. The monoisotopic (exact) mass is 247 g/mol. The van der Waals surface area contributed by atoms with Gasteiger partial charge in [-0.1, -0.05) is 6.07 Å². The number of nitrogens with zero attached hydrogens (tertiary/aromatic N) is 3. The second-order valence-electron chi connectivity index (χ2n) is 4.39. The molecule has 1 amide bonds. The number of aryl methyl sites for hydroxylation is 1. The van der Waals surface area contributed by atoms with Gasteiger partial charge in [-0.15, -0.1) is 0 Å². The average molecular weight is 247 g/mol. The van der Waals surface area contributed by atoms with Gasteiger partial charge in [0, 0.05) is 25.2 Å². The third kappa shape index (κ3) is 2.83. The van der Waals surface area contributed by atoms with Gasteiger partial charge in [0.1, 0.15) is 12.2 Å². The van der Waals surface area contributed by atoms with Crippen LogP contribution in [0.2, 0.25) is 0 Å². The van der Waals surface area contributed by atoms with E-state index < -0.39 is 12.2 Å².